The van der Waals surface area contributed by atoms with E-state index < -0.39 is 5.41 Å². The summed E-state index contributed by atoms with van der Waals surface area (Å²) in [7, 11) is 0. The first-order valence-corrected chi connectivity index (χ1v) is 5.81. The molecule has 0 aromatic carbocycles. The van der Waals surface area contributed by atoms with Gasteiger partial charge in [-0.05, 0) is 12.1 Å². The zero-order valence-corrected chi connectivity index (χ0v) is 9.25. The summed E-state index contributed by atoms with van der Waals surface area (Å²) < 4.78 is 5.12. The Morgan fingerprint density at radius 2 is 2.44 bits per heavy atom. The van der Waals surface area contributed by atoms with E-state index in [-0.39, 0.29) is 0 Å². The van der Waals surface area contributed by atoms with Gasteiger partial charge in [0.2, 0.25) is 0 Å². The van der Waals surface area contributed by atoms with Gasteiger partial charge in [0, 0.05) is 11.6 Å². The number of thiazole rings is 1. The molecule has 1 aliphatic rings. The number of nitrogens with one attached hydrogen (secondary N) is 1. The minimum absolute atomic E-state index is 0.456. The average molecular weight is 231 g/mol. The molecule has 0 saturated carbocycles. The van der Waals surface area contributed by atoms with Gasteiger partial charge in [0.15, 0.2) is 0 Å². The molecule has 16 heavy (non-hydrogen) atoms. The van der Waals surface area contributed by atoms with E-state index in [1.807, 2.05) is 23.7 Å². The zero-order valence-electron chi connectivity index (χ0n) is 8.43. The van der Waals surface area contributed by atoms with Crippen molar-refractivity contribution in [2.75, 3.05) is 13.2 Å². The van der Waals surface area contributed by atoms with E-state index >= 15 is 0 Å². The molecule has 3 heterocycles. The molecular formula is C11H9N3OS. The molecule has 3 rings (SSSR count). The summed E-state index contributed by atoms with van der Waals surface area (Å²) in [6.45, 7) is 0.912. The second kappa shape index (κ2) is 3.44. The van der Waals surface area contributed by atoms with Crippen LogP contribution in [0.15, 0.2) is 23.7 Å². The van der Waals surface area contributed by atoms with Crippen molar-refractivity contribution in [3.8, 4) is 16.8 Å². The molecule has 0 radical (unpaired) electrons. The molecule has 0 unspecified atom stereocenters. The van der Waals surface area contributed by atoms with Crippen LogP contribution in [0.3, 0.4) is 0 Å². The Labute approximate surface area is 96.5 Å². The Morgan fingerprint density at radius 3 is 3.00 bits per heavy atom. The predicted octanol–water partition coefficient (Wildman–Crippen LogP) is 1.93. The van der Waals surface area contributed by atoms with E-state index in [9.17, 15) is 0 Å². The second-order valence-electron chi connectivity index (χ2n) is 3.81. The monoisotopic (exact) mass is 231 g/mol. The topological polar surface area (TPSA) is 61.7 Å². The maximum absolute atomic E-state index is 9.16. The normalized spacial score (nSPS) is 17.7. The van der Waals surface area contributed by atoms with Crippen LogP contribution in [0.4, 0.5) is 0 Å². The van der Waals surface area contributed by atoms with E-state index in [0.717, 1.165) is 16.4 Å². The summed E-state index contributed by atoms with van der Waals surface area (Å²) >= 11 is 1.55. The molecule has 1 fully saturated rings. The smallest absolute Gasteiger partial charge is 0.146 e. The molecule has 2 aromatic heterocycles. The van der Waals surface area contributed by atoms with Gasteiger partial charge in [-0.1, -0.05) is 0 Å². The maximum atomic E-state index is 9.16. The lowest BCUT2D eigenvalue weighted by Crippen LogP contribution is -2.45. The second-order valence-corrected chi connectivity index (χ2v) is 4.67. The van der Waals surface area contributed by atoms with E-state index in [4.69, 9.17) is 10.00 Å². The largest absolute Gasteiger partial charge is 0.377 e. The lowest BCUT2D eigenvalue weighted by Gasteiger charge is -2.33. The van der Waals surface area contributed by atoms with Crippen LogP contribution in [-0.2, 0) is 10.2 Å². The number of hydrogen-bond donors (Lipinski definition) is 1. The van der Waals surface area contributed by atoms with E-state index in [0.29, 0.717) is 13.2 Å². The molecule has 80 valence electrons. The van der Waals surface area contributed by atoms with Crippen LogP contribution < -0.4 is 0 Å². The number of ether oxygens (including phenoxy) is 1. The first-order valence-electron chi connectivity index (χ1n) is 4.93. The molecule has 0 atom stereocenters. The Morgan fingerprint density at radius 1 is 1.56 bits per heavy atom. The van der Waals surface area contributed by atoms with Crippen LogP contribution in [0, 0.1) is 11.3 Å². The number of hydrogen-bond acceptors (Lipinski definition) is 4. The standard InChI is InChI=1S/C11H9N3OS/c12-5-11(6-15-7-11)9-4-16-10(14-9)8-2-1-3-13-8/h1-4,13H,6-7H2. The van der Waals surface area contributed by atoms with Gasteiger partial charge in [-0.3, -0.25) is 0 Å². The van der Waals surface area contributed by atoms with Crippen molar-refractivity contribution in [1.82, 2.24) is 9.97 Å². The van der Waals surface area contributed by atoms with Crippen molar-refractivity contribution >= 4 is 11.3 Å². The molecule has 0 bridgehead atoms. The Kier molecular flexibility index (Phi) is 2.06. The minimum Gasteiger partial charge on any atom is -0.377 e. The van der Waals surface area contributed by atoms with Gasteiger partial charge in [0.05, 0.1) is 30.7 Å². The quantitative estimate of drug-likeness (QED) is 0.859. The van der Waals surface area contributed by atoms with Gasteiger partial charge in [-0.25, -0.2) is 4.98 Å². The molecule has 4 nitrogen and oxygen atoms in total. The van der Waals surface area contributed by atoms with Crippen molar-refractivity contribution in [3.63, 3.8) is 0 Å². The highest BCUT2D eigenvalue weighted by molar-refractivity contribution is 7.13. The lowest BCUT2D eigenvalue weighted by molar-refractivity contribution is -0.0314. The third-order valence-corrected chi connectivity index (χ3v) is 3.61. The molecule has 1 N–H and O–H groups in total. The highest BCUT2D eigenvalue weighted by Gasteiger charge is 2.43. The molecular weight excluding hydrogens is 222 g/mol. The zero-order chi connectivity index (χ0) is 11.0. The Bertz CT molecular complexity index is 534. The molecule has 0 aliphatic carbocycles. The number of nitrogens with zero attached hydrogens (tertiary/aromatic N) is 2. The molecule has 0 amide bonds. The molecule has 0 spiro atoms. The predicted molar refractivity (Wildman–Crippen MR) is 60.0 cm³/mol. The summed E-state index contributed by atoms with van der Waals surface area (Å²) in [6.07, 6.45) is 1.86. The molecule has 5 heteroatoms. The van der Waals surface area contributed by atoms with E-state index in [2.05, 4.69) is 16.0 Å². The average Bonchev–Trinajstić information content (AvgIpc) is 2.86. The van der Waals surface area contributed by atoms with Gasteiger partial charge >= 0.3 is 0 Å². The van der Waals surface area contributed by atoms with Gasteiger partial charge in [-0.2, -0.15) is 5.26 Å². The third-order valence-electron chi connectivity index (χ3n) is 2.73. The van der Waals surface area contributed by atoms with Gasteiger partial charge < -0.3 is 9.72 Å². The van der Waals surface area contributed by atoms with Crippen molar-refractivity contribution in [1.29, 1.82) is 5.26 Å². The first-order chi connectivity index (χ1) is 7.84. The summed E-state index contributed by atoms with van der Waals surface area (Å²) in [5.74, 6) is 0. The fourth-order valence-corrected chi connectivity index (χ4v) is 2.56. The van der Waals surface area contributed by atoms with Crippen LogP contribution in [-0.4, -0.2) is 23.2 Å². The van der Waals surface area contributed by atoms with Crippen LogP contribution in [0.1, 0.15) is 5.69 Å². The summed E-state index contributed by atoms with van der Waals surface area (Å²) in [5.41, 5.74) is 1.31. The van der Waals surface area contributed by atoms with Crippen LogP contribution in [0.2, 0.25) is 0 Å². The van der Waals surface area contributed by atoms with Crippen molar-refractivity contribution < 1.29 is 4.74 Å². The fraction of sp³-hybridized carbons (Fsp3) is 0.273. The van der Waals surface area contributed by atoms with Gasteiger partial charge in [0.25, 0.3) is 0 Å². The number of aromatic nitrogens is 2. The van der Waals surface area contributed by atoms with Crippen LogP contribution in [0.5, 0.6) is 0 Å². The summed E-state index contributed by atoms with van der Waals surface area (Å²) in [5, 5.41) is 12.0. The van der Waals surface area contributed by atoms with Crippen LogP contribution in [0.25, 0.3) is 10.7 Å². The number of aromatic amines is 1. The summed E-state index contributed by atoms with van der Waals surface area (Å²) in [4.78, 5) is 7.61. The first kappa shape index (κ1) is 9.58. The number of H-pyrrole nitrogens is 1. The van der Waals surface area contributed by atoms with Crippen molar-refractivity contribution in [3.05, 3.63) is 29.4 Å². The van der Waals surface area contributed by atoms with E-state index in [1.165, 1.54) is 0 Å². The molecule has 1 aliphatic heterocycles. The maximum Gasteiger partial charge on any atom is 0.146 e. The van der Waals surface area contributed by atoms with Gasteiger partial charge in [-0.15, -0.1) is 11.3 Å². The SMILES string of the molecule is N#CC1(c2csc(-c3ccc[nH]3)n2)COC1. The minimum atomic E-state index is -0.513. The third kappa shape index (κ3) is 1.28. The molecule has 2 aromatic rings. The highest BCUT2D eigenvalue weighted by Crippen LogP contribution is 2.34. The highest BCUT2D eigenvalue weighted by atomic mass is 32.1. The number of rotatable bonds is 2. The van der Waals surface area contributed by atoms with E-state index in [1.54, 1.807) is 11.3 Å². The Balaban J connectivity index is 1.97. The van der Waals surface area contributed by atoms with Crippen molar-refractivity contribution in [2.45, 2.75) is 5.41 Å². The van der Waals surface area contributed by atoms with Crippen LogP contribution >= 0.6 is 11.3 Å². The fourth-order valence-electron chi connectivity index (χ4n) is 1.66. The summed E-state index contributed by atoms with van der Waals surface area (Å²) in [6, 6.07) is 6.20. The molecule has 1 saturated heterocycles. The Hall–Kier alpha value is -1.64. The number of nitriles is 1. The van der Waals surface area contributed by atoms with Crippen molar-refractivity contribution in [2.24, 2.45) is 0 Å². The van der Waals surface area contributed by atoms with Gasteiger partial charge in [0.1, 0.15) is 10.4 Å². The lowest BCUT2D eigenvalue weighted by atomic mass is 9.85.